The van der Waals surface area contributed by atoms with E-state index >= 15 is 0 Å². The summed E-state index contributed by atoms with van der Waals surface area (Å²) >= 11 is 1.52. The third-order valence-electron chi connectivity index (χ3n) is 4.62. The summed E-state index contributed by atoms with van der Waals surface area (Å²) in [5.74, 6) is -0.0536. The largest absolute Gasteiger partial charge is 0.383 e. The number of hydrogen-bond donors (Lipinski definition) is 0. The molecule has 0 saturated carbocycles. The number of aromatic nitrogens is 1. The van der Waals surface area contributed by atoms with Crippen molar-refractivity contribution in [2.75, 3.05) is 26.8 Å². The van der Waals surface area contributed by atoms with Gasteiger partial charge in [-0.1, -0.05) is 30.3 Å². The van der Waals surface area contributed by atoms with E-state index < -0.39 is 6.04 Å². The second-order valence-electron chi connectivity index (χ2n) is 6.34. The summed E-state index contributed by atoms with van der Waals surface area (Å²) in [5.41, 5.74) is 3.73. The van der Waals surface area contributed by atoms with E-state index in [1.807, 2.05) is 37.3 Å². The summed E-state index contributed by atoms with van der Waals surface area (Å²) in [5, 5.41) is 0. The highest BCUT2D eigenvalue weighted by atomic mass is 32.1. The first kappa shape index (κ1) is 18.5. The lowest BCUT2D eigenvalue weighted by molar-refractivity contribution is -0.157. The van der Waals surface area contributed by atoms with E-state index in [9.17, 15) is 9.59 Å². The van der Waals surface area contributed by atoms with Crippen molar-refractivity contribution >= 4 is 23.2 Å². The number of ether oxygens (including phenoxy) is 1. The Morgan fingerprint density at radius 3 is 2.69 bits per heavy atom. The van der Waals surface area contributed by atoms with Crippen molar-refractivity contribution in [1.29, 1.82) is 0 Å². The number of hydrogen-bond acceptors (Lipinski definition) is 5. The molecular weight excluding hydrogens is 350 g/mol. The lowest BCUT2D eigenvalue weighted by atomic mass is 10.0. The molecular formula is C19H23N3O3S. The second kappa shape index (κ2) is 8.42. The fraction of sp³-hybridized carbons (Fsp3) is 0.421. The average Bonchev–Trinajstić information content (AvgIpc) is 3.05. The number of piperazine rings is 1. The van der Waals surface area contributed by atoms with E-state index in [1.165, 1.54) is 11.3 Å². The minimum absolute atomic E-state index is 0.0207. The topological polar surface area (TPSA) is 62.7 Å². The van der Waals surface area contributed by atoms with Crippen LogP contribution in [0.4, 0.5) is 0 Å². The van der Waals surface area contributed by atoms with Crippen molar-refractivity contribution in [3.8, 4) is 0 Å². The van der Waals surface area contributed by atoms with E-state index in [1.54, 1.807) is 22.4 Å². The molecule has 2 aromatic rings. The van der Waals surface area contributed by atoms with Gasteiger partial charge >= 0.3 is 0 Å². The van der Waals surface area contributed by atoms with Crippen LogP contribution in [0.25, 0.3) is 0 Å². The number of aryl methyl sites for hydroxylation is 1. The van der Waals surface area contributed by atoms with Gasteiger partial charge in [-0.25, -0.2) is 4.98 Å². The number of nitrogens with zero attached hydrogens (tertiary/aromatic N) is 3. The molecule has 0 spiro atoms. The van der Waals surface area contributed by atoms with Crippen LogP contribution in [0.2, 0.25) is 0 Å². The summed E-state index contributed by atoms with van der Waals surface area (Å²) in [4.78, 5) is 34.5. The number of thiazole rings is 1. The summed E-state index contributed by atoms with van der Waals surface area (Å²) < 4.78 is 5.08. The van der Waals surface area contributed by atoms with Gasteiger partial charge in [0.1, 0.15) is 6.04 Å². The summed E-state index contributed by atoms with van der Waals surface area (Å²) in [6.45, 7) is 3.31. The van der Waals surface area contributed by atoms with E-state index in [-0.39, 0.29) is 18.4 Å². The Hall–Kier alpha value is -2.25. The fourth-order valence-electron chi connectivity index (χ4n) is 3.11. The average molecular weight is 373 g/mol. The summed E-state index contributed by atoms with van der Waals surface area (Å²) in [6, 6.07) is 9.32. The van der Waals surface area contributed by atoms with Crippen LogP contribution in [-0.2, 0) is 27.3 Å². The molecule has 6 nitrogen and oxygen atoms in total. The smallest absolute Gasteiger partial charge is 0.246 e. The molecule has 1 aliphatic rings. The SMILES string of the molecule is COCCN1CC(=O)N(Cc2scnc2C)[C@H](Cc2ccccc2)C1=O. The Morgan fingerprint density at radius 1 is 1.27 bits per heavy atom. The van der Waals surface area contributed by atoms with Crippen molar-refractivity contribution < 1.29 is 14.3 Å². The molecule has 1 aliphatic heterocycles. The van der Waals surface area contributed by atoms with Crippen LogP contribution in [0.15, 0.2) is 35.8 Å². The van der Waals surface area contributed by atoms with E-state index in [4.69, 9.17) is 4.74 Å². The highest BCUT2D eigenvalue weighted by molar-refractivity contribution is 7.09. The second-order valence-corrected chi connectivity index (χ2v) is 7.28. The van der Waals surface area contributed by atoms with E-state index in [2.05, 4.69) is 4.98 Å². The summed E-state index contributed by atoms with van der Waals surface area (Å²) in [7, 11) is 1.59. The van der Waals surface area contributed by atoms with Gasteiger partial charge in [0, 0.05) is 25.0 Å². The lowest BCUT2D eigenvalue weighted by Gasteiger charge is -2.40. The van der Waals surface area contributed by atoms with Crippen molar-refractivity contribution in [2.45, 2.75) is 25.9 Å². The predicted molar refractivity (Wildman–Crippen MR) is 99.8 cm³/mol. The quantitative estimate of drug-likeness (QED) is 0.743. The third-order valence-corrected chi connectivity index (χ3v) is 5.54. The zero-order chi connectivity index (χ0) is 18.5. The molecule has 0 radical (unpaired) electrons. The minimum atomic E-state index is -0.503. The standard InChI is InChI=1S/C19H23N3O3S/c1-14-17(26-13-20-14)11-22-16(10-15-6-4-3-5-7-15)19(24)21(8-9-25-2)12-18(22)23/h3-7,13,16H,8-12H2,1-2H3/t16-/m1/s1. The molecule has 0 bridgehead atoms. The van der Waals surface area contributed by atoms with Crippen molar-refractivity contribution in [3.05, 3.63) is 52.0 Å². The van der Waals surface area contributed by atoms with E-state index in [0.29, 0.717) is 26.1 Å². The number of amides is 2. The van der Waals surface area contributed by atoms with Gasteiger partial charge in [0.25, 0.3) is 0 Å². The first-order valence-electron chi connectivity index (χ1n) is 8.60. The van der Waals surface area contributed by atoms with Gasteiger partial charge in [0.05, 0.1) is 30.9 Å². The molecule has 0 N–H and O–H groups in total. The molecule has 0 unspecified atom stereocenters. The van der Waals surface area contributed by atoms with Gasteiger partial charge < -0.3 is 14.5 Å². The first-order valence-corrected chi connectivity index (χ1v) is 9.48. The molecule has 1 saturated heterocycles. The molecule has 7 heteroatoms. The van der Waals surface area contributed by atoms with E-state index in [0.717, 1.165) is 16.1 Å². The van der Waals surface area contributed by atoms with Gasteiger partial charge in [-0.3, -0.25) is 9.59 Å². The number of benzene rings is 1. The van der Waals surface area contributed by atoms with Gasteiger partial charge in [-0.15, -0.1) is 11.3 Å². The number of methoxy groups -OCH3 is 1. The van der Waals surface area contributed by atoms with Crippen LogP contribution in [0, 0.1) is 6.92 Å². The molecule has 2 heterocycles. The van der Waals surface area contributed by atoms with Crippen LogP contribution >= 0.6 is 11.3 Å². The molecule has 1 aromatic heterocycles. The Morgan fingerprint density at radius 2 is 2.04 bits per heavy atom. The maximum Gasteiger partial charge on any atom is 0.246 e. The molecule has 2 amide bonds. The highest BCUT2D eigenvalue weighted by Gasteiger charge is 2.39. The van der Waals surface area contributed by atoms with Crippen molar-refractivity contribution in [2.24, 2.45) is 0 Å². The minimum Gasteiger partial charge on any atom is -0.383 e. The molecule has 1 fully saturated rings. The predicted octanol–water partition coefficient (Wildman–Crippen LogP) is 1.88. The van der Waals surface area contributed by atoms with Crippen LogP contribution in [-0.4, -0.2) is 59.4 Å². The maximum absolute atomic E-state index is 13.1. The molecule has 26 heavy (non-hydrogen) atoms. The molecule has 138 valence electrons. The molecule has 1 atom stereocenters. The van der Waals surface area contributed by atoms with Gasteiger partial charge in [-0.2, -0.15) is 0 Å². The monoisotopic (exact) mass is 373 g/mol. The third kappa shape index (κ3) is 4.11. The normalized spacial score (nSPS) is 17.8. The first-order chi connectivity index (χ1) is 12.6. The Kier molecular flexibility index (Phi) is 6.00. The highest BCUT2D eigenvalue weighted by Crippen LogP contribution is 2.23. The van der Waals surface area contributed by atoms with Gasteiger partial charge in [0.2, 0.25) is 11.8 Å². The van der Waals surface area contributed by atoms with Crippen LogP contribution in [0.5, 0.6) is 0 Å². The lowest BCUT2D eigenvalue weighted by Crippen LogP contribution is -2.60. The fourth-order valence-corrected chi connectivity index (χ4v) is 3.88. The van der Waals surface area contributed by atoms with Gasteiger partial charge in [0.15, 0.2) is 0 Å². The molecule has 1 aromatic carbocycles. The van der Waals surface area contributed by atoms with Crippen LogP contribution in [0.1, 0.15) is 16.1 Å². The van der Waals surface area contributed by atoms with Gasteiger partial charge in [-0.05, 0) is 12.5 Å². The number of carbonyl (C=O) groups excluding carboxylic acids is 2. The summed E-state index contributed by atoms with van der Waals surface area (Å²) in [6.07, 6.45) is 0.507. The Labute approximate surface area is 157 Å². The maximum atomic E-state index is 13.1. The zero-order valence-electron chi connectivity index (χ0n) is 15.1. The zero-order valence-corrected chi connectivity index (χ0v) is 15.9. The van der Waals surface area contributed by atoms with Crippen LogP contribution < -0.4 is 0 Å². The van der Waals surface area contributed by atoms with Crippen molar-refractivity contribution in [1.82, 2.24) is 14.8 Å². The molecule has 3 rings (SSSR count). The number of carbonyl (C=O) groups is 2. The Balaban J connectivity index is 1.85. The number of rotatable bonds is 7. The molecule has 0 aliphatic carbocycles. The van der Waals surface area contributed by atoms with Crippen molar-refractivity contribution in [3.63, 3.8) is 0 Å². The Bertz CT molecular complexity index is 762. The van der Waals surface area contributed by atoms with Crippen LogP contribution in [0.3, 0.4) is 0 Å².